The van der Waals surface area contributed by atoms with Crippen LogP contribution in [-0.4, -0.2) is 35.1 Å². The van der Waals surface area contributed by atoms with Gasteiger partial charge in [-0.25, -0.2) is 4.79 Å². The van der Waals surface area contributed by atoms with E-state index in [9.17, 15) is 4.79 Å². The Morgan fingerprint density at radius 2 is 1.84 bits per heavy atom. The lowest BCUT2D eigenvalue weighted by molar-refractivity contribution is -0.139. The Kier molecular flexibility index (Phi) is 5.96. The van der Waals surface area contributed by atoms with Crippen molar-refractivity contribution in [2.75, 3.05) is 25.7 Å². The molecule has 0 aliphatic carbocycles. The molecule has 10 heteroatoms. The van der Waals surface area contributed by atoms with Crippen molar-refractivity contribution in [2.24, 2.45) is 0 Å². The Labute approximate surface area is 148 Å². The molecule has 25 heavy (non-hydrogen) atoms. The summed E-state index contributed by atoms with van der Waals surface area (Å²) in [5.41, 5.74) is 11.5. The first kappa shape index (κ1) is 18.3. The van der Waals surface area contributed by atoms with Crippen molar-refractivity contribution in [3.8, 4) is 11.5 Å². The second-order valence-corrected chi connectivity index (χ2v) is 5.05. The van der Waals surface area contributed by atoms with Gasteiger partial charge in [0.2, 0.25) is 11.9 Å². The van der Waals surface area contributed by atoms with Crippen LogP contribution in [0.4, 0.5) is 11.9 Å². The molecule has 0 saturated heterocycles. The number of nitrogens with zero attached hydrogens (tertiary/aromatic N) is 3. The quantitative estimate of drug-likeness (QED) is 0.575. The normalized spacial score (nSPS) is 10.7. The van der Waals surface area contributed by atoms with Crippen molar-refractivity contribution in [3.05, 3.63) is 34.6 Å². The molecule has 0 amide bonds. The van der Waals surface area contributed by atoms with E-state index in [-0.39, 0.29) is 24.3 Å². The van der Waals surface area contributed by atoms with Crippen LogP contribution in [0.25, 0.3) is 6.08 Å². The summed E-state index contributed by atoms with van der Waals surface area (Å²) in [7, 11) is 2.97. The van der Waals surface area contributed by atoms with Gasteiger partial charge in [0.05, 0.1) is 19.2 Å². The minimum Gasteiger partial charge on any atom is -0.493 e. The number of carbonyl (C=O) groups excluding carboxylic acids is 1. The molecule has 1 aromatic heterocycles. The molecule has 132 valence electrons. The van der Waals surface area contributed by atoms with E-state index < -0.39 is 5.97 Å². The number of benzene rings is 1. The third-order valence-electron chi connectivity index (χ3n) is 2.93. The number of halogens is 1. The zero-order chi connectivity index (χ0) is 18.4. The van der Waals surface area contributed by atoms with E-state index in [0.717, 1.165) is 0 Å². The molecule has 0 atom stereocenters. The third-order valence-corrected chi connectivity index (χ3v) is 3.21. The molecule has 1 heterocycles. The summed E-state index contributed by atoms with van der Waals surface area (Å²) >= 11 is 6.10. The minimum absolute atomic E-state index is 0.0472. The van der Waals surface area contributed by atoms with Crippen LogP contribution in [0.2, 0.25) is 5.02 Å². The number of ether oxygens (including phenoxy) is 3. The smallest absolute Gasteiger partial charge is 0.331 e. The Balaban J connectivity index is 2.03. The Morgan fingerprint density at radius 1 is 1.16 bits per heavy atom. The lowest BCUT2D eigenvalue weighted by Crippen LogP contribution is -2.09. The van der Waals surface area contributed by atoms with Crippen molar-refractivity contribution in [3.63, 3.8) is 0 Å². The van der Waals surface area contributed by atoms with Gasteiger partial charge in [0, 0.05) is 6.08 Å². The van der Waals surface area contributed by atoms with Gasteiger partial charge in [0.25, 0.3) is 0 Å². The molecule has 0 unspecified atom stereocenters. The van der Waals surface area contributed by atoms with Crippen LogP contribution in [0.15, 0.2) is 18.2 Å². The average Bonchev–Trinajstić information content (AvgIpc) is 2.56. The monoisotopic (exact) mass is 365 g/mol. The first-order valence-electron chi connectivity index (χ1n) is 6.95. The van der Waals surface area contributed by atoms with Gasteiger partial charge in [-0.1, -0.05) is 11.6 Å². The Bertz CT molecular complexity index is 792. The van der Waals surface area contributed by atoms with Crippen LogP contribution < -0.4 is 20.9 Å². The first-order chi connectivity index (χ1) is 11.9. The molecule has 9 nitrogen and oxygen atoms in total. The first-order valence-corrected chi connectivity index (χ1v) is 7.33. The van der Waals surface area contributed by atoms with Crippen LogP contribution in [-0.2, 0) is 16.1 Å². The van der Waals surface area contributed by atoms with Gasteiger partial charge in [0.15, 0.2) is 23.9 Å². The second kappa shape index (κ2) is 8.15. The van der Waals surface area contributed by atoms with E-state index >= 15 is 0 Å². The van der Waals surface area contributed by atoms with Crippen molar-refractivity contribution in [1.29, 1.82) is 0 Å². The third kappa shape index (κ3) is 4.95. The van der Waals surface area contributed by atoms with Crippen LogP contribution in [0.5, 0.6) is 11.5 Å². The van der Waals surface area contributed by atoms with Crippen LogP contribution >= 0.6 is 11.6 Å². The van der Waals surface area contributed by atoms with Crippen LogP contribution in [0.1, 0.15) is 11.4 Å². The van der Waals surface area contributed by atoms with Gasteiger partial charge >= 0.3 is 5.97 Å². The number of anilines is 2. The number of aromatic nitrogens is 3. The number of methoxy groups -OCH3 is 2. The highest BCUT2D eigenvalue weighted by Gasteiger charge is 2.10. The highest BCUT2D eigenvalue weighted by atomic mass is 35.5. The maximum Gasteiger partial charge on any atom is 0.331 e. The molecular formula is C15H16ClN5O4. The van der Waals surface area contributed by atoms with E-state index in [1.807, 2.05) is 0 Å². The number of nitrogen functional groups attached to an aromatic ring is 2. The Hall–Kier alpha value is -3.07. The maximum absolute atomic E-state index is 11.8. The number of esters is 1. The van der Waals surface area contributed by atoms with Crippen LogP contribution in [0, 0.1) is 0 Å². The highest BCUT2D eigenvalue weighted by Crippen LogP contribution is 2.36. The van der Waals surface area contributed by atoms with Gasteiger partial charge in [-0.05, 0) is 23.8 Å². The lowest BCUT2D eigenvalue weighted by atomic mass is 10.2. The topological polar surface area (TPSA) is 135 Å². The van der Waals surface area contributed by atoms with E-state index in [4.69, 9.17) is 37.3 Å². The SMILES string of the molecule is COc1cc(/C=C/C(=O)OCc2nc(N)nc(N)n2)cc(Cl)c1OC. The fourth-order valence-electron chi connectivity index (χ4n) is 1.90. The van der Waals surface area contributed by atoms with E-state index in [0.29, 0.717) is 22.1 Å². The number of hydrogen-bond donors (Lipinski definition) is 2. The molecule has 0 aliphatic heterocycles. The maximum atomic E-state index is 11.8. The molecule has 0 radical (unpaired) electrons. The number of carbonyl (C=O) groups is 1. The number of nitrogens with two attached hydrogens (primary N) is 2. The van der Waals surface area contributed by atoms with E-state index in [1.165, 1.54) is 26.4 Å². The predicted molar refractivity (Wildman–Crippen MR) is 92.0 cm³/mol. The Morgan fingerprint density at radius 3 is 2.44 bits per heavy atom. The molecule has 1 aromatic carbocycles. The summed E-state index contributed by atoms with van der Waals surface area (Å²) in [6, 6.07) is 3.29. The summed E-state index contributed by atoms with van der Waals surface area (Å²) in [4.78, 5) is 23.0. The van der Waals surface area contributed by atoms with Gasteiger partial charge in [-0.2, -0.15) is 15.0 Å². The lowest BCUT2D eigenvalue weighted by Gasteiger charge is -2.10. The van der Waals surface area contributed by atoms with E-state index in [2.05, 4.69) is 15.0 Å². The molecule has 4 N–H and O–H groups in total. The molecule has 0 fully saturated rings. The molecule has 0 saturated carbocycles. The van der Waals surface area contributed by atoms with Crippen LogP contribution in [0.3, 0.4) is 0 Å². The summed E-state index contributed by atoms with van der Waals surface area (Å²) < 4.78 is 15.3. The standard InChI is InChI=1S/C15H16ClN5O4/c1-23-10-6-8(5-9(16)13(10)24-2)3-4-12(22)25-7-11-19-14(17)21-15(18)20-11/h3-6H,7H2,1-2H3,(H4,17,18,19,20,21)/b4-3+. The fourth-order valence-corrected chi connectivity index (χ4v) is 2.20. The summed E-state index contributed by atoms with van der Waals surface area (Å²) in [5, 5.41) is 0.353. The molecule has 0 spiro atoms. The molecular weight excluding hydrogens is 350 g/mol. The van der Waals surface area contributed by atoms with Gasteiger partial charge in [-0.3, -0.25) is 0 Å². The minimum atomic E-state index is -0.608. The summed E-state index contributed by atoms with van der Waals surface area (Å²) in [6.07, 6.45) is 2.75. The molecule has 2 rings (SSSR count). The second-order valence-electron chi connectivity index (χ2n) is 4.65. The summed E-state index contributed by atoms with van der Waals surface area (Å²) in [5.74, 6) is 0.306. The zero-order valence-corrected chi connectivity index (χ0v) is 14.3. The van der Waals surface area contributed by atoms with Crippen molar-refractivity contribution in [2.45, 2.75) is 6.61 Å². The molecule has 0 aliphatic rings. The van der Waals surface area contributed by atoms with E-state index in [1.54, 1.807) is 12.1 Å². The largest absolute Gasteiger partial charge is 0.493 e. The number of hydrogen-bond acceptors (Lipinski definition) is 9. The van der Waals surface area contributed by atoms with Gasteiger partial charge in [-0.15, -0.1) is 0 Å². The highest BCUT2D eigenvalue weighted by molar-refractivity contribution is 6.32. The van der Waals surface area contributed by atoms with Crippen molar-refractivity contribution < 1.29 is 19.0 Å². The van der Waals surface area contributed by atoms with Crippen molar-refractivity contribution in [1.82, 2.24) is 15.0 Å². The zero-order valence-electron chi connectivity index (χ0n) is 13.5. The van der Waals surface area contributed by atoms with Gasteiger partial charge in [0.1, 0.15) is 0 Å². The van der Waals surface area contributed by atoms with Gasteiger partial charge < -0.3 is 25.7 Å². The number of rotatable bonds is 6. The fraction of sp³-hybridized carbons (Fsp3) is 0.200. The van der Waals surface area contributed by atoms with Crippen molar-refractivity contribution >= 4 is 35.5 Å². The predicted octanol–water partition coefficient (Wildman–Crippen LogP) is 1.46. The molecule has 0 bridgehead atoms. The summed E-state index contributed by atoms with van der Waals surface area (Å²) in [6.45, 7) is -0.188. The molecule has 2 aromatic rings. The average molecular weight is 366 g/mol.